The lowest BCUT2D eigenvalue weighted by Gasteiger charge is -2.30. The fourth-order valence-corrected chi connectivity index (χ4v) is 3.58. The van der Waals surface area contributed by atoms with Crippen LogP contribution < -0.4 is 5.32 Å². The minimum absolute atomic E-state index is 0.0519. The van der Waals surface area contributed by atoms with Crippen LogP contribution in [0.5, 0.6) is 0 Å². The van der Waals surface area contributed by atoms with Crippen molar-refractivity contribution in [2.24, 2.45) is 11.8 Å². The van der Waals surface area contributed by atoms with Crippen molar-refractivity contribution in [3.05, 3.63) is 23.3 Å². The summed E-state index contributed by atoms with van der Waals surface area (Å²) in [4.78, 5) is 26.3. The third kappa shape index (κ3) is 3.48. The molecule has 5 heteroatoms. The summed E-state index contributed by atoms with van der Waals surface area (Å²) in [6.07, 6.45) is 4.75. The molecule has 0 saturated heterocycles. The minimum atomic E-state index is -0.844. The summed E-state index contributed by atoms with van der Waals surface area (Å²) >= 11 is 0. The number of nitrogens with one attached hydrogen (secondary N) is 1. The first-order valence-electron chi connectivity index (χ1n) is 8.35. The van der Waals surface area contributed by atoms with Crippen molar-refractivity contribution >= 4 is 12.0 Å². The Bertz CT molecular complexity index is 653. The van der Waals surface area contributed by atoms with Gasteiger partial charge in [-0.25, -0.2) is 4.79 Å². The van der Waals surface area contributed by atoms with Crippen LogP contribution in [-0.2, 0) is 9.53 Å². The first-order chi connectivity index (χ1) is 11.3. The van der Waals surface area contributed by atoms with Crippen LogP contribution in [0, 0.1) is 23.7 Å². The molecule has 0 aromatic rings. The Kier molecular flexibility index (Phi) is 5.38. The molecular weight excluding hydrogens is 304 g/mol. The number of carbonyl (C=O) groups is 2. The zero-order chi connectivity index (χ0) is 17.9. The van der Waals surface area contributed by atoms with Gasteiger partial charge in [0, 0.05) is 12.1 Å². The average molecular weight is 330 g/mol. The smallest absolute Gasteiger partial charge is 0.408 e. The van der Waals surface area contributed by atoms with E-state index in [-0.39, 0.29) is 11.8 Å². The molecule has 3 atom stereocenters. The third-order valence-corrected chi connectivity index (χ3v) is 4.81. The second-order valence-corrected chi connectivity index (χ2v) is 6.64. The molecule has 3 unspecified atom stereocenters. The molecule has 0 fully saturated rings. The molecule has 1 aliphatic heterocycles. The first-order valence-corrected chi connectivity index (χ1v) is 8.35. The van der Waals surface area contributed by atoms with Crippen molar-refractivity contribution in [2.75, 3.05) is 20.2 Å². The summed E-state index contributed by atoms with van der Waals surface area (Å²) in [6.45, 7) is 8.66. The summed E-state index contributed by atoms with van der Waals surface area (Å²) in [5.41, 5.74) is 1.15. The van der Waals surface area contributed by atoms with Gasteiger partial charge in [0.1, 0.15) is 5.54 Å². The highest BCUT2D eigenvalue weighted by Crippen LogP contribution is 2.37. The number of ether oxygens (including phenoxy) is 1. The molecule has 0 radical (unpaired) electrons. The van der Waals surface area contributed by atoms with Crippen molar-refractivity contribution in [1.82, 2.24) is 10.2 Å². The largest absolute Gasteiger partial charge is 0.453 e. The maximum absolute atomic E-state index is 12.9. The molecule has 2 aliphatic rings. The van der Waals surface area contributed by atoms with E-state index in [1.807, 2.05) is 0 Å². The number of methoxy groups -OCH3 is 1. The van der Waals surface area contributed by atoms with Crippen molar-refractivity contribution in [3.8, 4) is 11.8 Å². The van der Waals surface area contributed by atoms with Gasteiger partial charge in [0.25, 0.3) is 5.91 Å². The average Bonchev–Trinajstić information content (AvgIpc) is 2.84. The van der Waals surface area contributed by atoms with Gasteiger partial charge in [-0.05, 0) is 37.7 Å². The molecule has 0 bridgehead atoms. The number of nitrogens with zero attached hydrogens (tertiary/aromatic N) is 1. The van der Waals surface area contributed by atoms with Crippen molar-refractivity contribution < 1.29 is 14.3 Å². The van der Waals surface area contributed by atoms with Gasteiger partial charge in [-0.3, -0.25) is 4.79 Å². The highest BCUT2D eigenvalue weighted by Gasteiger charge is 2.39. The fourth-order valence-electron chi connectivity index (χ4n) is 3.58. The molecular formula is C19H26N2O3. The monoisotopic (exact) mass is 330 g/mol. The predicted molar refractivity (Wildman–Crippen MR) is 93.1 cm³/mol. The number of allylic oxidation sites excluding steroid dienone is 1. The predicted octanol–water partition coefficient (Wildman–Crippen LogP) is 2.50. The first kappa shape index (κ1) is 18.1. The van der Waals surface area contributed by atoms with E-state index in [9.17, 15) is 9.59 Å². The highest BCUT2D eigenvalue weighted by atomic mass is 16.5. The highest BCUT2D eigenvalue weighted by molar-refractivity contribution is 5.98. The molecule has 24 heavy (non-hydrogen) atoms. The van der Waals surface area contributed by atoms with E-state index in [0.29, 0.717) is 19.0 Å². The number of hydrogen-bond acceptors (Lipinski definition) is 3. The lowest BCUT2D eigenvalue weighted by molar-refractivity contribution is -0.126. The van der Waals surface area contributed by atoms with E-state index >= 15 is 0 Å². The Balaban J connectivity index is 2.17. The van der Waals surface area contributed by atoms with Gasteiger partial charge in [0.2, 0.25) is 0 Å². The third-order valence-electron chi connectivity index (χ3n) is 4.81. The molecule has 2 amide bonds. The second kappa shape index (κ2) is 7.12. The van der Waals surface area contributed by atoms with Crippen molar-refractivity contribution in [3.63, 3.8) is 0 Å². The van der Waals surface area contributed by atoms with Gasteiger partial charge in [0.05, 0.1) is 13.7 Å². The molecule has 0 aromatic carbocycles. The maximum Gasteiger partial charge on any atom is 0.408 e. The minimum Gasteiger partial charge on any atom is -0.453 e. The van der Waals surface area contributed by atoms with Gasteiger partial charge in [-0.15, -0.1) is 5.92 Å². The zero-order valence-corrected chi connectivity index (χ0v) is 15.1. The van der Waals surface area contributed by atoms with E-state index < -0.39 is 11.6 Å². The van der Waals surface area contributed by atoms with Crippen LogP contribution in [0.25, 0.3) is 0 Å². The molecule has 2 rings (SSSR count). The normalized spacial score (nSPS) is 24.9. The van der Waals surface area contributed by atoms with Gasteiger partial charge < -0.3 is 15.0 Å². The van der Waals surface area contributed by atoms with Crippen LogP contribution >= 0.6 is 0 Å². The maximum atomic E-state index is 12.9. The van der Waals surface area contributed by atoms with Crippen LogP contribution in [-0.4, -0.2) is 42.6 Å². The summed E-state index contributed by atoms with van der Waals surface area (Å²) in [6, 6.07) is 0. The Morgan fingerprint density at radius 3 is 2.83 bits per heavy atom. The molecule has 1 N–H and O–H groups in total. The molecule has 1 heterocycles. The van der Waals surface area contributed by atoms with Gasteiger partial charge in [0.15, 0.2) is 0 Å². The van der Waals surface area contributed by atoms with Crippen LogP contribution in [0.1, 0.15) is 34.1 Å². The van der Waals surface area contributed by atoms with Crippen molar-refractivity contribution in [1.29, 1.82) is 0 Å². The molecule has 0 spiro atoms. The SMILES string of the molecule is CC#CC(C)(CN1CC2=C(C1=O)C(C)C(CC)C=C2)NC(=O)OC. The number of rotatable bonds is 4. The Hall–Kier alpha value is -2.22. The van der Waals surface area contributed by atoms with Crippen LogP contribution in [0.2, 0.25) is 0 Å². The van der Waals surface area contributed by atoms with E-state index in [0.717, 1.165) is 17.6 Å². The van der Waals surface area contributed by atoms with Crippen LogP contribution in [0.3, 0.4) is 0 Å². The summed E-state index contributed by atoms with van der Waals surface area (Å²) in [7, 11) is 1.31. The number of carbonyl (C=O) groups excluding carboxylic acids is 2. The molecule has 130 valence electrons. The lowest BCUT2D eigenvalue weighted by atomic mass is 9.80. The molecule has 0 saturated carbocycles. The number of hydrogen-bond donors (Lipinski definition) is 1. The van der Waals surface area contributed by atoms with Crippen LogP contribution in [0.15, 0.2) is 23.3 Å². The summed E-state index contributed by atoms with van der Waals surface area (Å²) in [5.74, 6) is 6.50. The zero-order valence-electron chi connectivity index (χ0n) is 15.1. The Morgan fingerprint density at radius 1 is 1.54 bits per heavy atom. The van der Waals surface area contributed by atoms with Gasteiger partial charge in [-0.2, -0.15) is 0 Å². The number of amides is 2. The van der Waals surface area contributed by atoms with E-state index in [2.05, 4.69) is 47.9 Å². The Labute approximate surface area is 144 Å². The standard InChI is InChI=1S/C19H26N2O3/c1-6-10-19(4,20-18(23)24-5)12-21-11-15-9-8-14(7-2)13(3)16(15)17(21)22/h8-9,13-14H,7,11-12H2,1-5H3,(H,20,23). The molecule has 0 aromatic heterocycles. The lowest BCUT2D eigenvalue weighted by Crippen LogP contribution is -2.53. The fraction of sp³-hybridized carbons (Fsp3) is 0.579. The summed E-state index contributed by atoms with van der Waals surface area (Å²) in [5, 5.41) is 2.74. The summed E-state index contributed by atoms with van der Waals surface area (Å²) < 4.78 is 4.68. The number of alkyl carbamates (subject to hydrolysis) is 1. The van der Waals surface area contributed by atoms with Crippen molar-refractivity contribution in [2.45, 2.75) is 39.7 Å². The quantitative estimate of drug-likeness (QED) is 0.806. The topological polar surface area (TPSA) is 58.6 Å². The van der Waals surface area contributed by atoms with Crippen LogP contribution in [0.4, 0.5) is 4.79 Å². The Morgan fingerprint density at radius 2 is 2.25 bits per heavy atom. The van der Waals surface area contributed by atoms with Gasteiger partial charge in [-0.1, -0.05) is 31.9 Å². The van der Waals surface area contributed by atoms with E-state index in [4.69, 9.17) is 0 Å². The van der Waals surface area contributed by atoms with E-state index in [1.54, 1.807) is 18.7 Å². The molecule has 5 nitrogen and oxygen atoms in total. The second-order valence-electron chi connectivity index (χ2n) is 6.64. The van der Waals surface area contributed by atoms with Gasteiger partial charge >= 0.3 is 6.09 Å². The van der Waals surface area contributed by atoms with E-state index in [1.165, 1.54) is 7.11 Å². The molecule has 1 aliphatic carbocycles.